The molecule has 2 N–H and O–H groups in total. The van der Waals surface area contributed by atoms with Gasteiger partial charge in [-0.15, -0.1) is 0 Å². The standard InChI is InChI=1S/C15H30N2O/c1-11(7-5-8-12(2)16)15(18)17-13(3)9-6-10-14(17)4/h11-14H,5-10,16H2,1-4H3. The Bertz CT molecular complexity index is 255. The largest absolute Gasteiger partial charge is 0.337 e. The molecule has 1 saturated heterocycles. The molecule has 3 nitrogen and oxygen atoms in total. The Kier molecular flexibility index (Phi) is 6.13. The average molecular weight is 254 g/mol. The Balaban J connectivity index is 2.46. The Hall–Kier alpha value is -0.570. The summed E-state index contributed by atoms with van der Waals surface area (Å²) in [6.07, 6.45) is 6.61. The van der Waals surface area contributed by atoms with Crippen LogP contribution in [0.15, 0.2) is 0 Å². The highest BCUT2D eigenvalue weighted by Gasteiger charge is 2.31. The minimum atomic E-state index is 0.145. The number of nitrogens with zero attached hydrogens (tertiary/aromatic N) is 1. The first-order valence-corrected chi connectivity index (χ1v) is 7.51. The lowest BCUT2D eigenvalue weighted by molar-refractivity contribution is -0.141. The summed E-state index contributed by atoms with van der Waals surface area (Å²) in [4.78, 5) is 14.6. The van der Waals surface area contributed by atoms with E-state index in [-0.39, 0.29) is 12.0 Å². The number of likely N-dealkylation sites (tertiary alicyclic amines) is 1. The van der Waals surface area contributed by atoms with Crippen molar-refractivity contribution < 1.29 is 4.79 Å². The lowest BCUT2D eigenvalue weighted by Crippen LogP contribution is -2.49. The zero-order chi connectivity index (χ0) is 13.7. The summed E-state index contributed by atoms with van der Waals surface area (Å²) in [7, 11) is 0. The number of hydrogen-bond donors (Lipinski definition) is 1. The quantitative estimate of drug-likeness (QED) is 0.820. The van der Waals surface area contributed by atoms with Gasteiger partial charge in [-0.1, -0.05) is 13.3 Å². The third-order valence-electron chi connectivity index (χ3n) is 4.17. The number of rotatable bonds is 5. The highest BCUT2D eigenvalue weighted by molar-refractivity contribution is 5.79. The molecule has 0 bridgehead atoms. The summed E-state index contributed by atoms with van der Waals surface area (Å²) in [6, 6.07) is 1.08. The van der Waals surface area contributed by atoms with Crippen LogP contribution in [0.5, 0.6) is 0 Å². The average Bonchev–Trinajstić information content (AvgIpc) is 2.27. The predicted octanol–water partition coefficient (Wildman–Crippen LogP) is 2.93. The van der Waals surface area contributed by atoms with Gasteiger partial charge in [0.15, 0.2) is 0 Å². The van der Waals surface area contributed by atoms with Gasteiger partial charge in [-0.05, 0) is 52.9 Å². The Morgan fingerprint density at radius 1 is 1.22 bits per heavy atom. The lowest BCUT2D eigenvalue weighted by Gasteiger charge is -2.40. The van der Waals surface area contributed by atoms with E-state index in [0.717, 1.165) is 32.1 Å². The molecule has 1 heterocycles. The van der Waals surface area contributed by atoms with Crippen molar-refractivity contribution in [3.8, 4) is 0 Å². The van der Waals surface area contributed by atoms with Gasteiger partial charge in [-0.3, -0.25) is 4.79 Å². The van der Waals surface area contributed by atoms with Crippen molar-refractivity contribution in [1.82, 2.24) is 4.90 Å². The number of carbonyl (C=O) groups is 1. The van der Waals surface area contributed by atoms with Crippen LogP contribution in [0.1, 0.15) is 66.2 Å². The molecule has 4 unspecified atom stereocenters. The molecule has 1 aliphatic heterocycles. The summed E-state index contributed by atoms with van der Waals surface area (Å²) in [5, 5.41) is 0. The van der Waals surface area contributed by atoms with E-state index < -0.39 is 0 Å². The van der Waals surface area contributed by atoms with E-state index >= 15 is 0 Å². The van der Waals surface area contributed by atoms with Crippen LogP contribution in [0.25, 0.3) is 0 Å². The smallest absolute Gasteiger partial charge is 0.225 e. The van der Waals surface area contributed by atoms with Gasteiger partial charge in [0.25, 0.3) is 0 Å². The molecule has 1 rings (SSSR count). The van der Waals surface area contributed by atoms with Gasteiger partial charge in [0.1, 0.15) is 0 Å². The number of piperidine rings is 1. The zero-order valence-corrected chi connectivity index (χ0v) is 12.5. The minimum absolute atomic E-state index is 0.145. The van der Waals surface area contributed by atoms with Crippen LogP contribution in [0, 0.1) is 5.92 Å². The van der Waals surface area contributed by atoms with E-state index in [9.17, 15) is 4.79 Å². The molecular formula is C15H30N2O. The number of carbonyl (C=O) groups excluding carboxylic acids is 1. The van der Waals surface area contributed by atoms with E-state index in [0.29, 0.717) is 18.0 Å². The van der Waals surface area contributed by atoms with E-state index in [1.54, 1.807) is 0 Å². The van der Waals surface area contributed by atoms with Crippen LogP contribution in [-0.2, 0) is 4.79 Å². The van der Waals surface area contributed by atoms with Crippen molar-refractivity contribution in [2.75, 3.05) is 0 Å². The molecule has 0 aromatic carbocycles. The summed E-state index contributed by atoms with van der Waals surface area (Å²) >= 11 is 0. The fourth-order valence-corrected chi connectivity index (χ4v) is 2.98. The number of nitrogens with two attached hydrogens (primary N) is 1. The molecule has 1 aliphatic rings. The zero-order valence-electron chi connectivity index (χ0n) is 12.5. The maximum atomic E-state index is 12.5. The molecule has 0 spiro atoms. The first-order valence-electron chi connectivity index (χ1n) is 7.51. The topological polar surface area (TPSA) is 46.3 Å². The van der Waals surface area contributed by atoms with Crippen molar-refractivity contribution >= 4 is 5.91 Å². The van der Waals surface area contributed by atoms with Crippen molar-refractivity contribution in [3.63, 3.8) is 0 Å². The molecule has 106 valence electrons. The molecule has 0 saturated carbocycles. The minimum Gasteiger partial charge on any atom is -0.337 e. The second-order valence-corrected chi connectivity index (χ2v) is 6.18. The van der Waals surface area contributed by atoms with Crippen LogP contribution in [-0.4, -0.2) is 28.9 Å². The van der Waals surface area contributed by atoms with Crippen LogP contribution < -0.4 is 5.73 Å². The Labute approximate surface area is 112 Å². The molecule has 1 amide bonds. The number of amides is 1. The summed E-state index contributed by atoms with van der Waals surface area (Å²) in [6.45, 7) is 8.46. The fourth-order valence-electron chi connectivity index (χ4n) is 2.98. The van der Waals surface area contributed by atoms with Crippen LogP contribution in [0.2, 0.25) is 0 Å². The van der Waals surface area contributed by atoms with E-state index in [1.807, 2.05) is 6.92 Å². The highest BCUT2D eigenvalue weighted by Crippen LogP contribution is 2.25. The van der Waals surface area contributed by atoms with E-state index in [1.165, 1.54) is 6.42 Å². The summed E-state index contributed by atoms with van der Waals surface area (Å²) in [5.41, 5.74) is 5.75. The van der Waals surface area contributed by atoms with E-state index in [4.69, 9.17) is 5.73 Å². The van der Waals surface area contributed by atoms with Crippen molar-refractivity contribution in [2.45, 2.75) is 84.3 Å². The van der Waals surface area contributed by atoms with Gasteiger partial charge < -0.3 is 10.6 Å². The Morgan fingerprint density at radius 2 is 1.78 bits per heavy atom. The van der Waals surface area contributed by atoms with Gasteiger partial charge in [0.05, 0.1) is 0 Å². The van der Waals surface area contributed by atoms with Gasteiger partial charge in [0, 0.05) is 24.0 Å². The summed E-state index contributed by atoms with van der Waals surface area (Å²) < 4.78 is 0. The van der Waals surface area contributed by atoms with E-state index in [2.05, 4.69) is 25.7 Å². The van der Waals surface area contributed by atoms with Crippen LogP contribution >= 0.6 is 0 Å². The molecule has 4 atom stereocenters. The monoisotopic (exact) mass is 254 g/mol. The summed E-state index contributed by atoms with van der Waals surface area (Å²) in [5.74, 6) is 0.492. The Morgan fingerprint density at radius 3 is 2.28 bits per heavy atom. The molecule has 0 aromatic rings. The fraction of sp³-hybridized carbons (Fsp3) is 0.933. The third kappa shape index (κ3) is 4.27. The second kappa shape index (κ2) is 7.13. The second-order valence-electron chi connectivity index (χ2n) is 6.18. The van der Waals surface area contributed by atoms with Crippen molar-refractivity contribution in [1.29, 1.82) is 0 Å². The van der Waals surface area contributed by atoms with Gasteiger partial charge in [0.2, 0.25) is 5.91 Å². The normalized spacial score (nSPS) is 27.9. The van der Waals surface area contributed by atoms with Crippen molar-refractivity contribution in [3.05, 3.63) is 0 Å². The van der Waals surface area contributed by atoms with Crippen LogP contribution in [0.4, 0.5) is 0 Å². The molecule has 0 radical (unpaired) electrons. The molecule has 0 aliphatic carbocycles. The molecule has 3 heteroatoms. The number of hydrogen-bond acceptors (Lipinski definition) is 2. The molecule has 1 fully saturated rings. The molecule has 18 heavy (non-hydrogen) atoms. The SMILES string of the molecule is CC(N)CCCC(C)C(=O)N1C(C)CCCC1C. The first kappa shape index (κ1) is 15.5. The van der Waals surface area contributed by atoms with Crippen molar-refractivity contribution in [2.24, 2.45) is 11.7 Å². The molecule has 0 aromatic heterocycles. The van der Waals surface area contributed by atoms with Gasteiger partial charge >= 0.3 is 0 Å². The predicted molar refractivity (Wildman–Crippen MR) is 76.3 cm³/mol. The third-order valence-corrected chi connectivity index (χ3v) is 4.17. The first-order chi connectivity index (χ1) is 8.43. The lowest BCUT2D eigenvalue weighted by atomic mass is 9.93. The maximum absolute atomic E-state index is 12.5. The maximum Gasteiger partial charge on any atom is 0.225 e. The van der Waals surface area contributed by atoms with Gasteiger partial charge in [-0.2, -0.15) is 0 Å². The highest BCUT2D eigenvalue weighted by atomic mass is 16.2. The van der Waals surface area contributed by atoms with Gasteiger partial charge in [-0.25, -0.2) is 0 Å². The van der Waals surface area contributed by atoms with Crippen LogP contribution in [0.3, 0.4) is 0 Å². The molecular weight excluding hydrogens is 224 g/mol.